The first-order valence-corrected chi connectivity index (χ1v) is 12.0. The number of amides is 4. The molecular formula is C25H32N6O3. The van der Waals surface area contributed by atoms with Crippen LogP contribution in [0.25, 0.3) is 11.0 Å². The van der Waals surface area contributed by atoms with E-state index in [-0.39, 0.29) is 23.8 Å². The van der Waals surface area contributed by atoms with Crippen LogP contribution in [0.4, 0.5) is 16.4 Å². The molecule has 1 saturated heterocycles. The van der Waals surface area contributed by atoms with Gasteiger partial charge in [0.15, 0.2) is 11.6 Å². The molecule has 3 heterocycles. The normalized spacial score (nSPS) is 26.6. The van der Waals surface area contributed by atoms with Crippen molar-refractivity contribution in [1.29, 1.82) is 0 Å². The Morgan fingerprint density at radius 1 is 1.09 bits per heavy atom. The second kappa shape index (κ2) is 7.92. The van der Waals surface area contributed by atoms with E-state index in [1.54, 1.807) is 4.90 Å². The zero-order chi connectivity index (χ0) is 24.3. The number of para-hydroxylation sites is 2. The molecule has 2 atom stereocenters. The van der Waals surface area contributed by atoms with Crippen molar-refractivity contribution in [1.82, 2.24) is 20.2 Å². The number of carbonyl (C=O) groups excluding carboxylic acids is 3. The SMILES string of the molecule is CC1CC(C)(C)CC2(C1)NC(=O)N(CC(=O)N1CCCN(C)c3nc4ccccc4nc31)C2=O. The van der Waals surface area contributed by atoms with Crippen LogP contribution in [0.1, 0.15) is 46.5 Å². The Hall–Kier alpha value is -3.23. The minimum absolute atomic E-state index is 0.0639. The Labute approximate surface area is 199 Å². The molecule has 1 N–H and O–H groups in total. The monoisotopic (exact) mass is 464 g/mol. The van der Waals surface area contributed by atoms with Crippen molar-refractivity contribution >= 4 is 40.5 Å². The Kier molecular flexibility index (Phi) is 5.26. The van der Waals surface area contributed by atoms with Gasteiger partial charge in [0, 0.05) is 20.1 Å². The van der Waals surface area contributed by atoms with Crippen LogP contribution in [0.3, 0.4) is 0 Å². The highest BCUT2D eigenvalue weighted by Crippen LogP contribution is 2.46. The molecule has 2 aliphatic heterocycles. The summed E-state index contributed by atoms with van der Waals surface area (Å²) in [4.78, 5) is 54.2. The molecule has 0 bridgehead atoms. The van der Waals surface area contributed by atoms with Gasteiger partial charge in [-0.2, -0.15) is 0 Å². The van der Waals surface area contributed by atoms with Gasteiger partial charge in [-0.25, -0.2) is 14.8 Å². The lowest BCUT2D eigenvalue weighted by Crippen LogP contribution is -2.54. The lowest BCUT2D eigenvalue weighted by Gasteiger charge is -2.43. The quantitative estimate of drug-likeness (QED) is 0.686. The smallest absolute Gasteiger partial charge is 0.325 e. The molecular weight excluding hydrogens is 432 g/mol. The number of nitrogens with zero attached hydrogens (tertiary/aromatic N) is 5. The van der Waals surface area contributed by atoms with E-state index in [9.17, 15) is 14.4 Å². The molecule has 0 radical (unpaired) electrons. The predicted octanol–water partition coefficient (Wildman–Crippen LogP) is 2.94. The Morgan fingerprint density at radius 2 is 1.76 bits per heavy atom. The molecule has 1 aromatic carbocycles. The summed E-state index contributed by atoms with van der Waals surface area (Å²) in [6, 6.07) is 7.06. The van der Waals surface area contributed by atoms with E-state index in [1.165, 1.54) is 0 Å². The van der Waals surface area contributed by atoms with Gasteiger partial charge >= 0.3 is 6.03 Å². The lowest BCUT2D eigenvalue weighted by molar-refractivity contribution is -0.137. The van der Waals surface area contributed by atoms with Crippen LogP contribution in [-0.4, -0.2) is 64.9 Å². The number of aromatic nitrogens is 2. The number of carbonyl (C=O) groups is 3. The molecule has 1 saturated carbocycles. The first-order chi connectivity index (χ1) is 16.1. The minimum Gasteiger partial charge on any atom is -0.357 e. The highest BCUT2D eigenvalue weighted by Gasteiger charge is 2.56. The van der Waals surface area contributed by atoms with E-state index < -0.39 is 11.6 Å². The second-order valence-corrected chi connectivity index (χ2v) is 10.9. The molecule has 180 valence electrons. The third-order valence-corrected chi connectivity index (χ3v) is 7.25. The summed E-state index contributed by atoms with van der Waals surface area (Å²) in [5.74, 6) is 0.784. The van der Waals surface area contributed by atoms with Crippen molar-refractivity contribution in [3.05, 3.63) is 24.3 Å². The molecule has 2 unspecified atom stereocenters. The van der Waals surface area contributed by atoms with Crippen LogP contribution in [0.15, 0.2) is 24.3 Å². The Bertz CT molecular complexity index is 1180. The van der Waals surface area contributed by atoms with E-state index in [0.29, 0.717) is 42.5 Å². The van der Waals surface area contributed by atoms with Crippen LogP contribution in [0.5, 0.6) is 0 Å². The summed E-state index contributed by atoms with van der Waals surface area (Å²) >= 11 is 0. The van der Waals surface area contributed by atoms with E-state index in [0.717, 1.165) is 29.8 Å². The largest absolute Gasteiger partial charge is 0.357 e. The molecule has 4 amide bonds. The van der Waals surface area contributed by atoms with Crippen LogP contribution >= 0.6 is 0 Å². The zero-order valence-corrected chi connectivity index (χ0v) is 20.3. The van der Waals surface area contributed by atoms with Crippen LogP contribution in [0.2, 0.25) is 0 Å². The number of benzene rings is 1. The Balaban J connectivity index is 1.43. The van der Waals surface area contributed by atoms with Gasteiger partial charge in [-0.1, -0.05) is 32.9 Å². The first-order valence-electron chi connectivity index (χ1n) is 12.0. The van der Waals surface area contributed by atoms with Gasteiger partial charge in [0.05, 0.1) is 11.0 Å². The summed E-state index contributed by atoms with van der Waals surface area (Å²) in [5, 5.41) is 2.96. The zero-order valence-electron chi connectivity index (χ0n) is 20.3. The minimum atomic E-state index is -0.925. The molecule has 2 fully saturated rings. The van der Waals surface area contributed by atoms with Crippen LogP contribution in [0, 0.1) is 11.3 Å². The van der Waals surface area contributed by atoms with Crippen molar-refractivity contribution < 1.29 is 14.4 Å². The third kappa shape index (κ3) is 3.76. The van der Waals surface area contributed by atoms with Gasteiger partial charge in [0.1, 0.15) is 12.1 Å². The molecule has 2 aromatic rings. The molecule has 5 rings (SSSR count). The summed E-state index contributed by atoms with van der Waals surface area (Å²) in [6.45, 7) is 7.24. The molecule has 9 nitrogen and oxygen atoms in total. The fraction of sp³-hybridized carbons (Fsp3) is 0.560. The number of hydrogen-bond donors (Lipinski definition) is 1. The van der Waals surface area contributed by atoms with Gasteiger partial charge < -0.3 is 10.2 Å². The average molecular weight is 465 g/mol. The molecule has 3 aliphatic rings. The fourth-order valence-electron chi connectivity index (χ4n) is 6.21. The lowest BCUT2D eigenvalue weighted by atomic mass is 9.64. The molecule has 9 heteroatoms. The Morgan fingerprint density at radius 3 is 2.44 bits per heavy atom. The van der Waals surface area contributed by atoms with Gasteiger partial charge in [-0.05, 0) is 49.1 Å². The molecule has 1 aromatic heterocycles. The summed E-state index contributed by atoms with van der Waals surface area (Å²) in [6.07, 6.45) is 2.91. The van der Waals surface area contributed by atoms with Gasteiger partial charge in [0.2, 0.25) is 5.91 Å². The van der Waals surface area contributed by atoms with E-state index in [2.05, 4.69) is 26.1 Å². The maximum Gasteiger partial charge on any atom is 0.325 e. The second-order valence-electron chi connectivity index (χ2n) is 10.9. The number of anilines is 2. The number of hydrogen-bond acceptors (Lipinski definition) is 6. The van der Waals surface area contributed by atoms with Crippen molar-refractivity contribution in [3.63, 3.8) is 0 Å². The number of nitrogens with one attached hydrogen (secondary N) is 1. The highest BCUT2D eigenvalue weighted by atomic mass is 16.2. The summed E-state index contributed by atoms with van der Waals surface area (Å²) in [5.41, 5.74) is 0.464. The van der Waals surface area contributed by atoms with Crippen molar-refractivity contribution in [2.45, 2.75) is 52.0 Å². The number of rotatable bonds is 2. The van der Waals surface area contributed by atoms with E-state index >= 15 is 0 Å². The standard InChI is InChI=1S/C25H32N6O3/c1-16-12-24(2,3)15-25(13-16)22(33)31(23(34)28-25)14-19(32)30-11-7-10-29(4)20-21(30)27-18-9-6-5-8-17(18)26-20/h5-6,8-9,16H,7,10-15H2,1-4H3,(H,28,34). The molecule has 34 heavy (non-hydrogen) atoms. The van der Waals surface area contributed by atoms with Crippen molar-refractivity contribution in [2.75, 3.05) is 36.5 Å². The number of fused-ring (bicyclic) bond motifs is 2. The van der Waals surface area contributed by atoms with Crippen LogP contribution < -0.4 is 15.1 Å². The van der Waals surface area contributed by atoms with Crippen LogP contribution in [-0.2, 0) is 9.59 Å². The summed E-state index contributed by atoms with van der Waals surface area (Å²) in [7, 11) is 1.93. The predicted molar refractivity (Wildman–Crippen MR) is 130 cm³/mol. The van der Waals surface area contributed by atoms with E-state index in [1.807, 2.05) is 36.2 Å². The van der Waals surface area contributed by atoms with Gasteiger partial charge in [-0.15, -0.1) is 0 Å². The maximum absolute atomic E-state index is 13.5. The highest BCUT2D eigenvalue weighted by molar-refractivity contribution is 6.10. The third-order valence-electron chi connectivity index (χ3n) is 7.25. The first kappa shape index (κ1) is 22.6. The van der Waals surface area contributed by atoms with Gasteiger partial charge in [0.25, 0.3) is 5.91 Å². The molecule has 1 spiro atoms. The van der Waals surface area contributed by atoms with E-state index in [4.69, 9.17) is 9.97 Å². The van der Waals surface area contributed by atoms with Gasteiger partial charge in [-0.3, -0.25) is 19.4 Å². The number of urea groups is 1. The average Bonchev–Trinajstić information content (AvgIpc) is 2.88. The fourth-order valence-corrected chi connectivity index (χ4v) is 6.21. The maximum atomic E-state index is 13.5. The number of imide groups is 1. The topological polar surface area (TPSA) is 98.7 Å². The van der Waals surface area contributed by atoms with Crippen molar-refractivity contribution in [2.24, 2.45) is 11.3 Å². The summed E-state index contributed by atoms with van der Waals surface area (Å²) < 4.78 is 0. The van der Waals surface area contributed by atoms with Crippen molar-refractivity contribution in [3.8, 4) is 0 Å². The molecule has 1 aliphatic carbocycles.